The highest BCUT2D eigenvalue weighted by atomic mass is 32.2. The number of sulfonamides is 1. The molecule has 0 atom stereocenters. The van der Waals surface area contributed by atoms with Gasteiger partial charge >= 0.3 is 0 Å². The fourth-order valence-electron chi connectivity index (χ4n) is 1.86. The Morgan fingerprint density at radius 1 is 0.900 bits per heavy atom. The first-order valence-electron chi connectivity index (χ1n) is 6.08. The Labute approximate surface area is 117 Å². The maximum absolute atomic E-state index is 12.2. The highest BCUT2D eigenvalue weighted by Crippen LogP contribution is 2.35. The molecule has 0 spiro atoms. The summed E-state index contributed by atoms with van der Waals surface area (Å²) in [4.78, 5) is 0.0885. The summed E-state index contributed by atoms with van der Waals surface area (Å²) in [5.41, 5.74) is 0.391. The normalized spacial score (nSPS) is 13.8. The molecule has 2 aromatic rings. The lowest BCUT2D eigenvalue weighted by molar-refractivity contribution is 0.171. The van der Waals surface area contributed by atoms with Crippen LogP contribution in [0.2, 0.25) is 0 Å². The second-order valence-corrected chi connectivity index (χ2v) is 5.81. The molecule has 104 valence electrons. The van der Waals surface area contributed by atoms with Gasteiger partial charge in [-0.05, 0) is 12.1 Å². The third kappa shape index (κ3) is 2.55. The van der Waals surface area contributed by atoms with Gasteiger partial charge in [-0.2, -0.15) is 0 Å². The molecule has 1 aliphatic rings. The van der Waals surface area contributed by atoms with Gasteiger partial charge in [-0.3, -0.25) is 0 Å². The van der Waals surface area contributed by atoms with Crippen molar-refractivity contribution in [3.8, 4) is 11.5 Å². The topological polar surface area (TPSA) is 66.7 Å². The van der Waals surface area contributed by atoms with E-state index in [0.29, 0.717) is 30.4 Å². The first-order chi connectivity index (χ1) is 9.65. The number of nitrogens with zero attached hydrogens (tertiary/aromatic N) is 1. The van der Waals surface area contributed by atoms with Crippen LogP contribution in [-0.4, -0.2) is 21.6 Å². The summed E-state index contributed by atoms with van der Waals surface area (Å²) < 4.78 is 39.0. The fourth-order valence-corrected chi connectivity index (χ4v) is 2.87. The van der Waals surface area contributed by atoms with E-state index >= 15 is 0 Å². The van der Waals surface area contributed by atoms with Gasteiger partial charge in [0, 0.05) is 6.07 Å². The molecule has 0 aromatic heterocycles. The molecule has 0 aliphatic carbocycles. The van der Waals surface area contributed by atoms with Gasteiger partial charge in [-0.25, -0.2) is 8.42 Å². The highest BCUT2D eigenvalue weighted by molar-refractivity contribution is 7.94. The number of hydrogen-bond acceptors (Lipinski definition) is 4. The van der Waals surface area contributed by atoms with Gasteiger partial charge in [0.05, 0.1) is 4.90 Å². The van der Waals surface area contributed by atoms with Crippen molar-refractivity contribution in [1.82, 2.24) is 0 Å². The van der Waals surface area contributed by atoms with E-state index in [9.17, 15) is 8.42 Å². The van der Waals surface area contributed by atoms with E-state index in [1.165, 1.54) is 12.1 Å². The molecule has 3 rings (SSSR count). The summed E-state index contributed by atoms with van der Waals surface area (Å²) in [5.74, 6) is 0.982. The Morgan fingerprint density at radius 2 is 1.60 bits per heavy atom. The van der Waals surface area contributed by atoms with Crippen molar-refractivity contribution in [2.45, 2.75) is 4.90 Å². The van der Waals surface area contributed by atoms with Gasteiger partial charge in [-0.1, -0.05) is 30.3 Å². The molecule has 0 amide bonds. The van der Waals surface area contributed by atoms with E-state index in [4.69, 9.17) is 9.47 Å². The Balaban J connectivity index is 1.91. The van der Waals surface area contributed by atoms with Crippen molar-refractivity contribution in [1.29, 1.82) is 0 Å². The van der Waals surface area contributed by atoms with Crippen molar-refractivity contribution in [3.05, 3.63) is 53.3 Å². The van der Waals surface area contributed by atoms with Crippen LogP contribution in [0.3, 0.4) is 0 Å². The molecule has 0 unspecified atom stereocenters. The van der Waals surface area contributed by atoms with E-state index in [-0.39, 0.29) is 4.90 Å². The first-order valence-corrected chi connectivity index (χ1v) is 7.52. The summed E-state index contributed by atoms with van der Waals surface area (Å²) in [5, 5.41) is 0. The summed E-state index contributed by atoms with van der Waals surface area (Å²) in [7, 11) is -3.76. The molecule has 0 bridgehead atoms. The van der Waals surface area contributed by atoms with Crippen LogP contribution < -0.4 is 9.47 Å². The zero-order valence-electron chi connectivity index (χ0n) is 10.5. The Morgan fingerprint density at radius 3 is 2.35 bits per heavy atom. The summed E-state index contributed by atoms with van der Waals surface area (Å²) in [6, 6.07) is 13.0. The van der Waals surface area contributed by atoms with Crippen molar-refractivity contribution < 1.29 is 17.9 Å². The number of benzene rings is 2. The van der Waals surface area contributed by atoms with Crippen LogP contribution in [0.25, 0.3) is 4.72 Å². The lowest BCUT2D eigenvalue weighted by Gasteiger charge is -2.23. The predicted molar refractivity (Wildman–Crippen MR) is 74.1 cm³/mol. The van der Waals surface area contributed by atoms with Gasteiger partial charge < -0.3 is 14.2 Å². The van der Waals surface area contributed by atoms with E-state index in [2.05, 4.69) is 4.72 Å². The maximum atomic E-state index is 12.2. The number of ether oxygens (including phenoxy) is 2. The minimum Gasteiger partial charge on any atom is -0.573 e. The van der Waals surface area contributed by atoms with Crippen molar-refractivity contribution in [2.24, 2.45) is 0 Å². The maximum Gasteiger partial charge on any atom is 0.162 e. The van der Waals surface area contributed by atoms with Gasteiger partial charge in [0.1, 0.15) is 23.2 Å². The van der Waals surface area contributed by atoms with Gasteiger partial charge in [0.2, 0.25) is 0 Å². The van der Waals surface area contributed by atoms with Crippen molar-refractivity contribution in [2.75, 3.05) is 13.2 Å². The number of hydrogen-bond donors (Lipinski definition) is 0. The molecule has 5 nitrogen and oxygen atoms in total. The van der Waals surface area contributed by atoms with E-state index in [1.54, 1.807) is 36.4 Å². The molecule has 0 saturated carbocycles. The van der Waals surface area contributed by atoms with Crippen LogP contribution in [0.5, 0.6) is 11.5 Å². The molecule has 1 aliphatic heterocycles. The summed E-state index contributed by atoms with van der Waals surface area (Å²) >= 11 is 0. The van der Waals surface area contributed by atoms with Crippen molar-refractivity contribution in [3.63, 3.8) is 0 Å². The number of fused-ring (bicyclic) bond motifs is 1. The predicted octanol–water partition coefficient (Wildman–Crippen LogP) is 2.85. The highest BCUT2D eigenvalue weighted by Gasteiger charge is 2.14. The molecule has 2 aromatic carbocycles. The Hall–Kier alpha value is -2.21. The average molecular weight is 290 g/mol. The smallest absolute Gasteiger partial charge is 0.162 e. The van der Waals surface area contributed by atoms with Crippen molar-refractivity contribution >= 4 is 15.7 Å². The third-order valence-corrected chi connectivity index (χ3v) is 4.09. The first kappa shape index (κ1) is 12.8. The standard InChI is InChI=1S/C14H12NO4S/c16-20(17,15-11-4-2-1-3-5-11)12-6-7-13-14(10-12)19-9-8-18-13/h1-7,10H,8-9H2/q-1. The van der Waals surface area contributed by atoms with Crippen LogP contribution in [-0.2, 0) is 10.0 Å². The van der Waals surface area contributed by atoms with E-state index in [0.717, 1.165) is 0 Å². The van der Waals surface area contributed by atoms with E-state index < -0.39 is 10.0 Å². The van der Waals surface area contributed by atoms with E-state index in [1.807, 2.05) is 0 Å². The largest absolute Gasteiger partial charge is 0.573 e. The molecule has 1 heterocycles. The summed E-state index contributed by atoms with van der Waals surface area (Å²) in [6.07, 6.45) is 0. The Kier molecular flexibility index (Phi) is 3.23. The van der Waals surface area contributed by atoms with Crippen LogP contribution in [0, 0.1) is 0 Å². The number of rotatable bonds is 3. The zero-order chi connectivity index (χ0) is 14.0. The quantitative estimate of drug-likeness (QED) is 0.871. The van der Waals surface area contributed by atoms with Gasteiger partial charge in [0.25, 0.3) is 0 Å². The SMILES string of the molecule is O=S(=O)([N-]c1ccccc1)c1ccc2c(c1)OCCO2. The minimum atomic E-state index is -3.76. The van der Waals surface area contributed by atoms with Crippen LogP contribution in [0.15, 0.2) is 53.4 Å². The molecule has 20 heavy (non-hydrogen) atoms. The zero-order valence-corrected chi connectivity index (χ0v) is 11.3. The van der Waals surface area contributed by atoms with Crippen LogP contribution in [0.1, 0.15) is 0 Å². The Bertz CT molecular complexity index is 713. The van der Waals surface area contributed by atoms with Gasteiger partial charge in [-0.15, -0.1) is 5.69 Å². The molecule has 0 saturated heterocycles. The third-order valence-electron chi connectivity index (χ3n) is 2.79. The summed E-state index contributed by atoms with van der Waals surface area (Å²) in [6.45, 7) is 0.875. The van der Waals surface area contributed by atoms with Crippen LogP contribution >= 0.6 is 0 Å². The lowest BCUT2D eigenvalue weighted by atomic mass is 10.3. The average Bonchev–Trinajstić information content (AvgIpc) is 2.47. The fraction of sp³-hybridized carbons (Fsp3) is 0.143. The molecule has 0 fully saturated rings. The monoisotopic (exact) mass is 290 g/mol. The van der Waals surface area contributed by atoms with Gasteiger partial charge in [0.15, 0.2) is 11.5 Å². The minimum absolute atomic E-state index is 0.0885. The molecule has 0 N–H and O–H groups in total. The second kappa shape index (κ2) is 5.05. The molecular weight excluding hydrogens is 278 g/mol. The second-order valence-electron chi connectivity index (χ2n) is 4.21. The van der Waals surface area contributed by atoms with Crippen LogP contribution in [0.4, 0.5) is 5.69 Å². The molecule has 6 heteroatoms. The molecular formula is C14H12NO4S-. The lowest BCUT2D eigenvalue weighted by Crippen LogP contribution is -2.15. The molecule has 0 radical (unpaired) electrons.